The highest BCUT2D eigenvalue weighted by Crippen LogP contribution is 2.20. The van der Waals surface area contributed by atoms with E-state index in [0.717, 1.165) is 24.2 Å². The lowest BCUT2D eigenvalue weighted by molar-refractivity contribution is -0.0586. The van der Waals surface area contributed by atoms with Crippen LogP contribution in [0, 0.1) is 0 Å². The fourth-order valence-electron chi connectivity index (χ4n) is 3.34. The van der Waals surface area contributed by atoms with Gasteiger partial charge in [0.25, 0.3) is 5.91 Å². The number of carbonyl (C=O) groups is 1. The van der Waals surface area contributed by atoms with Gasteiger partial charge in [-0.1, -0.05) is 31.5 Å². The molecule has 2 aromatic rings. The molecule has 5 heteroatoms. The molecule has 1 aliphatic heterocycles. The molecule has 2 heterocycles. The summed E-state index contributed by atoms with van der Waals surface area (Å²) in [5, 5.41) is 4.50. The summed E-state index contributed by atoms with van der Waals surface area (Å²) in [6.07, 6.45) is 3.64. The van der Waals surface area contributed by atoms with Gasteiger partial charge in [0, 0.05) is 13.1 Å². The van der Waals surface area contributed by atoms with Crippen molar-refractivity contribution in [3.63, 3.8) is 0 Å². The first-order chi connectivity index (χ1) is 11.6. The average Bonchev–Trinajstić information content (AvgIpc) is 2.98. The van der Waals surface area contributed by atoms with Crippen LogP contribution in [0.25, 0.3) is 5.69 Å². The predicted molar refractivity (Wildman–Crippen MR) is 93.5 cm³/mol. The van der Waals surface area contributed by atoms with Crippen LogP contribution < -0.4 is 0 Å². The molecule has 5 nitrogen and oxygen atoms in total. The summed E-state index contributed by atoms with van der Waals surface area (Å²) >= 11 is 0. The first kappa shape index (κ1) is 16.7. The second-order valence-corrected chi connectivity index (χ2v) is 6.47. The van der Waals surface area contributed by atoms with Gasteiger partial charge in [-0.25, -0.2) is 4.68 Å². The Morgan fingerprint density at radius 2 is 1.88 bits per heavy atom. The Balaban J connectivity index is 1.93. The number of para-hydroxylation sites is 1. The maximum Gasteiger partial charge on any atom is 0.257 e. The van der Waals surface area contributed by atoms with Crippen LogP contribution in [-0.4, -0.2) is 45.9 Å². The fourth-order valence-corrected chi connectivity index (χ4v) is 3.34. The van der Waals surface area contributed by atoms with E-state index in [9.17, 15) is 4.79 Å². The molecule has 0 radical (unpaired) electrons. The van der Waals surface area contributed by atoms with Crippen molar-refractivity contribution in [3.8, 4) is 5.69 Å². The molecule has 1 amide bonds. The van der Waals surface area contributed by atoms with E-state index in [-0.39, 0.29) is 18.1 Å². The first-order valence-corrected chi connectivity index (χ1v) is 8.67. The third kappa shape index (κ3) is 3.36. The quantitative estimate of drug-likeness (QED) is 0.867. The number of carbonyl (C=O) groups excluding carboxylic acids is 1. The molecule has 3 rings (SSSR count). The van der Waals surface area contributed by atoms with E-state index >= 15 is 0 Å². The summed E-state index contributed by atoms with van der Waals surface area (Å²) in [4.78, 5) is 14.9. The minimum absolute atomic E-state index is 0.0580. The number of hydrogen-bond acceptors (Lipinski definition) is 3. The minimum Gasteiger partial charge on any atom is -0.372 e. The van der Waals surface area contributed by atoms with E-state index in [0.29, 0.717) is 18.7 Å². The van der Waals surface area contributed by atoms with Gasteiger partial charge >= 0.3 is 0 Å². The van der Waals surface area contributed by atoms with E-state index in [1.54, 1.807) is 6.20 Å². The van der Waals surface area contributed by atoms with Gasteiger partial charge in [-0.05, 0) is 32.4 Å². The molecule has 1 aromatic heterocycles. The molecule has 2 unspecified atom stereocenters. The van der Waals surface area contributed by atoms with Crippen LogP contribution in [0.15, 0.2) is 36.5 Å². The third-order valence-corrected chi connectivity index (χ3v) is 4.29. The SMILES string of the molecule is CCCc1c(C(=O)N2CC(C)OC(C)C2)cnn1-c1ccccc1. The standard InChI is InChI=1S/C19H25N3O2/c1-4-8-18-17(11-20-22(18)16-9-6-5-7-10-16)19(23)21-12-14(2)24-15(3)13-21/h5-7,9-11,14-15H,4,8,12-13H2,1-3H3. The van der Waals surface area contributed by atoms with Crippen molar-refractivity contribution in [2.45, 2.75) is 45.8 Å². The summed E-state index contributed by atoms with van der Waals surface area (Å²) in [5.41, 5.74) is 2.69. The summed E-state index contributed by atoms with van der Waals surface area (Å²) < 4.78 is 7.63. The molecule has 0 spiro atoms. The minimum atomic E-state index is 0.0580. The van der Waals surface area contributed by atoms with E-state index in [2.05, 4.69) is 12.0 Å². The monoisotopic (exact) mass is 327 g/mol. The number of ether oxygens (including phenoxy) is 1. The normalized spacial score (nSPS) is 21.0. The molecular formula is C19H25N3O2. The Kier molecular flexibility index (Phi) is 5.00. The first-order valence-electron chi connectivity index (χ1n) is 8.67. The number of amides is 1. The van der Waals surface area contributed by atoms with Gasteiger partial charge in [-0.15, -0.1) is 0 Å². The molecule has 0 N–H and O–H groups in total. The van der Waals surface area contributed by atoms with Gasteiger partial charge < -0.3 is 9.64 Å². The van der Waals surface area contributed by atoms with Crippen LogP contribution in [0.2, 0.25) is 0 Å². The lowest BCUT2D eigenvalue weighted by atomic mass is 10.1. The zero-order valence-electron chi connectivity index (χ0n) is 14.6. The smallest absolute Gasteiger partial charge is 0.257 e. The van der Waals surface area contributed by atoms with Crippen molar-refractivity contribution >= 4 is 5.91 Å². The van der Waals surface area contributed by atoms with Gasteiger partial charge in [0.15, 0.2) is 0 Å². The Labute approximate surface area is 143 Å². The zero-order valence-corrected chi connectivity index (χ0v) is 14.6. The van der Waals surface area contributed by atoms with E-state index in [4.69, 9.17) is 4.74 Å². The summed E-state index contributed by atoms with van der Waals surface area (Å²) in [7, 11) is 0. The number of rotatable bonds is 4. The third-order valence-electron chi connectivity index (χ3n) is 4.29. The molecule has 24 heavy (non-hydrogen) atoms. The van der Waals surface area contributed by atoms with Crippen molar-refractivity contribution in [2.24, 2.45) is 0 Å². The number of hydrogen-bond donors (Lipinski definition) is 0. The van der Waals surface area contributed by atoms with Crippen LogP contribution in [0.5, 0.6) is 0 Å². The van der Waals surface area contributed by atoms with Crippen molar-refractivity contribution in [1.29, 1.82) is 0 Å². The lowest BCUT2D eigenvalue weighted by Gasteiger charge is -2.35. The molecule has 1 aliphatic rings. The Hall–Kier alpha value is -2.14. The molecule has 128 valence electrons. The van der Waals surface area contributed by atoms with Crippen LogP contribution in [0.4, 0.5) is 0 Å². The molecule has 1 aromatic carbocycles. The second-order valence-electron chi connectivity index (χ2n) is 6.47. The van der Waals surface area contributed by atoms with Crippen molar-refractivity contribution < 1.29 is 9.53 Å². The number of morpholine rings is 1. The Morgan fingerprint density at radius 1 is 1.21 bits per heavy atom. The molecule has 1 fully saturated rings. The van der Waals surface area contributed by atoms with Crippen LogP contribution in [-0.2, 0) is 11.2 Å². The van der Waals surface area contributed by atoms with Gasteiger partial charge in [0.05, 0.1) is 35.3 Å². The summed E-state index contributed by atoms with van der Waals surface area (Å²) in [6, 6.07) is 9.98. The Morgan fingerprint density at radius 3 is 2.50 bits per heavy atom. The molecular weight excluding hydrogens is 302 g/mol. The maximum atomic E-state index is 13.0. The molecule has 0 aliphatic carbocycles. The highest BCUT2D eigenvalue weighted by atomic mass is 16.5. The topological polar surface area (TPSA) is 47.4 Å². The maximum absolute atomic E-state index is 13.0. The number of nitrogens with zero attached hydrogens (tertiary/aromatic N) is 3. The fraction of sp³-hybridized carbons (Fsp3) is 0.474. The number of aromatic nitrogens is 2. The van der Waals surface area contributed by atoms with E-state index in [1.807, 2.05) is 53.8 Å². The summed E-state index contributed by atoms with van der Waals surface area (Å²) in [6.45, 7) is 7.40. The largest absolute Gasteiger partial charge is 0.372 e. The van der Waals surface area contributed by atoms with E-state index in [1.165, 1.54) is 0 Å². The molecule has 2 atom stereocenters. The van der Waals surface area contributed by atoms with Gasteiger partial charge in [0.2, 0.25) is 0 Å². The second kappa shape index (κ2) is 7.18. The zero-order chi connectivity index (χ0) is 17.1. The molecule has 1 saturated heterocycles. The van der Waals surface area contributed by atoms with Crippen LogP contribution >= 0.6 is 0 Å². The predicted octanol–water partition coefficient (Wildman–Crippen LogP) is 3.07. The highest BCUT2D eigenvalue weighted by Gasteiger charge is 2.29. The van der Waals surface area contributed by atoms with Crippen LogP contribution in [0.1, 0.15) is 43.2 Å². The van der Waals surface area contributed by atoms with Crippen molar-refractivity contribution in [2.75, 3.05) is 13.1 Å². The van der Waals surface area contributed by atoms with Gasteiger partial charge in [-0.2, -0.15) is 5.10 Å². The van der Waals surface area contributed by atoms with Gasteiger partial charge in [-0.3, -0.25) is 4.79 Å². The average molecular weight is 327 g/mol. The lowest BCUT2D eigenvalue weighted by Crippen LogP contribution is -2.48. The van der Waals surface area contributed by atoms with E-state index < -0.39 is 0 Å². The van der Waals surface area contributed by atoms with Crippen LogP contribution in [0.3, 0.4) is 0 Å². The number of benzene rings is 1. The van der Waals surface area contributed by atoms with Crippen molar-refractivity contribution in [3.05, 3.63) is 47.8 Å². The molecule has 0 saturated carbocycles. The molecule has 0 bridgehead atoms. The van der Waals surface area contributed by atoms with Gasteiger partial charge in [0.1, 0.15) is 0 Å². The summed E-state index contributed by atoms with van der Waals surface area (Å²) in [5.74, 6) is 0.0580. The highest BCUT2D eigenvalue weighted by molar-refractivity contribution is 5.95. The Bertz CT molecular complexity index is 686. The van der Waals surface area contributed by atoms with Crippen molar-refractivity contribution in [1.82, 2.24) is 14.7 Å².